The van der Waals surface area contributed by atoms with Gasteiger partial charge in [-0.3, -0.25) is 18.6 Å². The molecule has 9 N–H and O–H groups in total. The zero-order valence-corrected chi connectivity index (χ0v) is 39.7. The summed E-state index contributed by atoms with van der Waals surface area (Å²) in [6.45, 7) is 2.76. The Balaban J connectivity index is 2.64. The van der Waals surface area contributed by atoms with Gasteiger partial charge in [-0.05, 0) is 64.2 Å². The van der Waals surface area contributed by atoms with Gasteiger partial charge in [0.15, 0.2) is 6.10 Å². The van der Waals surface area contributed by atoms with E-state index in [1.54, 1.807) is 42.5 Å². The van der Waals surface area contributed by atoms with E-state index in [1.165, 1.54) is 6.08 Å². The standard InChI is InChI=1S/C49H79O16P/c1-3-5-7-8-9-10-11-12-13-14-15-16-17-18-19-24-28-34-42(53)62-36-39(37-63-66(60,61)65-49-47(58)45(56)44(55)46(57)48(49)59)64-43(54)35-29-33-41(52)40(51)32-27-23-21-20-22-26-31-38(50)30-25-6-4-2/h5,7,9-10,12-13,15-16,20-23,26-27,31-32,38-41,44-52,55-59H,3-4,6,8,11,14,17-19,24-25,28-30,33-37H2,1-2H3,(H,60,61)/b7-5-,10-9-,13-12-,16-15-,22-20-,23-21+,31-26+,32-27+/t38-,39+,40-,41-,44?,45-,46+,47+,48+,49?/m0/s1. The lowest BCUT2D eigenvalue weighted by Crippen LogP contribution is -2.64. The van der Waals surface area contributed by atoms with Crippen molar-refractivity contribution in [2.45, 2.75) is 184 Å². The van der Waals surface area contributed by atoms with Gasteiger partial charge in [-0.15, -0.1) is 0 Å². The Morgan fingerprint density at radius 3 is 1.76 bits per heavy atom. The first-order chi connectivity index (χ1) is 31.6. The molecule has 0 aromatic carbocycles. The number of rotatable bonds is 36. The van der Waals surface area contributed by atoms with E-state index in [-0.39, 0.29) is 25.7 Å². The molecule has 0 amide bonds. The van der Waals surface area contributed by atoms with Crippen molar-refractivity contribution in [2.24, 2.45) is 0 Å². The maximum absolute atomic E-state index is 12.8. The van der Waals surface area contributed by atoms with Crippen molar-refractivity contribution >= 4 is 19.8 Å². The SMILES string of the molecule is CC/C=C\C/C=C\C/C=C\C/C=C\CCCCCCC(=O)OC[C@H](COP(=O)(O)OC1[C@H](O)[C@H](O)C(O)[C@H](O)[C@H]1O)OC(=O)CCC[C@H](O)[C@@H](O)/C=C/C=C/C=C\C=C\[C@@H](O)CCCCC. The number of allylic oxidation sites excluding steroid dienone is 14. The number of esters is 2. The molecule has 11 atom stereocenters. The van der Waals surface area contributed by atoms with E-state index < -0.39 is 94.0 Å². The summed E-state index contributed by atoms with van der Waals surface area (Å²) >= 11 is 0. The largest absolute Gasteiger partial charge is 0.472 e. The van der Waals surface area contributed by atoms with Crippen LogP contribution in [-0.2, 0) is 32.7 Å². The second-order valence-electron chi connectivity index (χ2n) is 16.1. The van der Waals surface area contributed by atoms with Crippen molar-refractivity contribution in [2.75, 3.05) is 13.2 Å². The van der Waals surface area contributed by atoms with Crippen LogP contribution in [0.3, 0.4) is 0 Å². The Morgan fingerprint density at radius 2 is 1.14 bits per heavy atom. The van der Waals surface area contributed by atoms with Gasteiger partial charge in [0.1, 0.15) is 43.2 Å². The van der Waals surface area contributed by atoms with E-state index in [4.69, 9.17) is 18.5 Å². The molecule has 1 rings (SSSR count). The van der Waals surface area contributed by atoms with Crippen LogP contribution in [0.5, 0.6) is 0 Å². The Bertz CT molecular complexity index is 1570. The van der Waals surface area contributed by atoms with Crippen LogP contribution in [0.1, 0.15) is 123 Å². The minimum Gasteiger partial charge on any atom is -0.462 e. The van der Waals surface area contributed by atoms with Gasteiger partial charge < -0.3 is 55.2 Å². The van der Waals surface area contributed by atoms with Gasteiger partial charge in [-0.1, -0.05) is 143 Å². The molecule has 0 saturated heterocycles. The number of ether oxygens (including phenoxy) is 2. The number of carbonyl (C=O) groups excluding carboxylic acids is 2. The highest BCUT2D eigenvalue weighted by atomic mass is 31.2. The van der Waals surface area contributed by atoms with Crippen LogP contribution in [0.15, 0.2) is 97.2 Å². The summed E-state index contributed by atoms with van der Waals surface area (Å²) in [5.41, 5.74) is 0. The molecule has 0 spiro atoms. The summed E-state index contributed by atoms with van der Waals surface area (Å²) in [4.78, 5) is 35.8. The zero-order chi connectivity index (χ0) is 49.0. The summed E-state index contributed by atoms with van der Waals surface area (Å²) in [6.07, 6.45) is 25.1. The number of carbonyl (C=O) groups is 2. The van der Waals surface area contributed by atoms with Crippen molar-refractivity contribution in [3.8, 4) is 0 Å². The van der Waals surface area contributed by atoms with Gasteiger partial charge in [-0.2, -0.15) is 0 Å². The number of unbranched alkanes of at least 4 members (excludes halogenated alkanes) is 6. The molecule has 16 nitrogen and oxygen atoms in total. The van der Waals surface area contributed by atoms with E-state index in [0.29, 0.717) is 12.8 Å². The van der Waals surface area contributed by atoms with Crippen LogP contribution < -0.4 is 0 Å². The Kier molecular flexibility index (Phi) is 34.6. The molecule has 1 saturated carbocycles. The molecule has 1 aliphatic rings. The molecule has 66 heavy (non-hydrogen) atoms. The average Bonchev–Trinajstić information content (AvgIpc) is 3.29. The van der Waals surface area contributed by atoms with Crippen LogP contribution in [-0.4, -0.2) is 132 Å². The van der Waals surface area contributed by atoms with E-state index >= 15 is 0 Å². The quantitative estimate of drug-likeness (QED) is 0.0115. The maximum Gasteiger partial charge on any atom is 0.472 e. The number of phosphoric ester groups is 1. The first-order valence-corrected chi connectivity index (χ1v) is 24.9. The topological polar surface area (TPSA) is 270 Å². The van der Waals surface area contributed by atoms with Crippen LogP contribution in [0.25, 0.3) is 0 Å². The van der Waals surface area contributed by atoms with Gasteiger partial charge in [0.05, 0.1) is 24.9 Å². The molecule has 0 aromatic heterocycles. The molecule has 0 radical (unpaired) electrons. The van der Waals surface area contributed by atoms with Crippen LogP contribution in [0.2, 0.25) is 0 Å². The fraction of sp³-hybridized carbons (Fsp3) is 0.633. The van der Waals surface area contributed by atoms with Crippen molar-refractivity contribution in [3.63, 3.8) is 0 Å². The van der Waals surface area contributed by atoms with E-state index in [2.05, 4.69) is 62.5 Å². The number of hydrogen-bond acceptors (Lipinski definition) is 15. The Labute approximate surface area is 391 Å². The molecule has 1 aliphatic carbocycles. The van der Waals surface area contributed by atoms with Gasteiger partial charge >= 0.3 is 19.8 Å². The predicted octanol–water partition coefficient (Wildman–Crippen LogP) is 5.97. The minimum atomic E-state index is -5.23. The summed E-state index contributed by atoms with van der Waals surface area (Å²) in [5, 5.41) is 80.8. The lowest BCUT2D eigenvalue weighted by atomic mass is 9.85. The maximum atomic E-state index is 12.8. The van der Waals surface area contributed by atoms with Crippen molar-refractivity contribution in [1.82, 2.24) is 0 Å². The number of aliphatic hydroxyl groups is 8. The summed E-state index contributed by atoms with van der Waals surface area (Å²) < 4.78 is 33.3. The molecule has 0 bridgehead atoms. The first kappa shape index (κ1) is 60.7. The monoisotopic (exact) mass is 955 g/mol. The van der Waals surface area contributed by atoms with Crippen LogP contribution in [0.4, 0.5) is 0 Å². The van der Waals surface area contributed by atoms with Crippen molar-refractivity contribution in [1.29, 1.82) is 0 Å². The Morgan fingerprint density at radius 1 is 0.591 bits per heavy atom. The van der Waals surface area contributed by atoms with Gasteiger partial charge in [0.2, 0.25) is 0 Å². The normalized spacial score (nSPS) is 23.6. The second-order valence-corrected chi connectivity index (χ2v) is 17.5. The minimum absolute atomic E-state index is 0.00663. The molecule has 0 heterocycles. The summed E-state index contributed by atoms with van der Waals surface area (Å²) in [6, 6.07) is 0. The molecule has 376 valence electrons. The highest BCUT2D eigenvalue weighted by Crippen LogP contribution is 2.47. The first-order valence-electron chi connectivity index (χ1n) is 23.4. The van der Waals surface area contributed by atoms with Gasteiger partial charge in [0, 0.05) is 12.8 Å². The van der Waals surface area contributed by atoms with Crippen LogP contribution in [0, 0.1) is 0 Å². The Hall–Kier alpha value is -3.35. The highest BCUT2D eigenvalue weighted by molar-refractivity contribution is 7.47. The molecule has 0 aliphatic heterocycles. The predicted molar refractivity (Wildman–Crippen MR) is 253 cm³/mol. The smallest absolute Gasteiger partial charge is 0.462 e. The molecular weight excluding hydrogens is 875 g/mol. The average molecular weight is 955 g/mol. The van der Waals surface area contributed by atoms with E-state index in [1.807, 2.05) is 0 Å². The highest BCUT2D eigenvalue weighted by Gasteiger charge is 2.51. The lowest BCUT2D eigenvalue weighted by Gasteiger charge is -2.41. The fourth-order valence-corrected chi connectivity index (χ4v) is 7.34. The molecule has 1 fully saturated rings. The van der Waals surface area contributed by atoms with Gasteiger partial charge in [-0.25, -0.2) is 4.57 Å². The fourth-order valence-electron chi connectivity index (χ4n) is 6.37. The molecule has 17 heteroatoms. The third-order valence-corrected chi connectivity index (χ3v) is 11.3. The molecular formula is C49H79O16P. The van der Waals surface area contributed by atoms with Crippen molar-refractivity contribution < 1.29 is 78.4 Å². The third-order valence-electron chi connectivity index (χ3n) is 10.3. The van der Waals surface area contributed by atoms with Crippen LogP contribution >= 0.6 is 7.82 Å². The van der Waals surface area contributed by atoms with E-state index in [9.17, 15) is 59.9 Å². The zero-order valence-electron chi connectivity index (χ0n) is 38.8. The molecule has 0 aromatic rings. The summed E-state index contributed by atoms with van der Waals surface area (Å²) in [5.74, 6) is -1.47. The van der Waals surface area contributed by atoms with Crippen molar-refractivity contribution in [3.05, 3.63) is 97.2 Å². The second kappa shape index (κ2) is 37.6. The lowest BCUT2D eigenvalue weighted by molar-refractivity contribution is -0.220. The number of phosphoric acid groups is 1. The molecule has 3 unspecified atom stereocenters. The third kappa shape index (κ3) is 29.4. The number of hydrogen-bond donors (Lipinski definition) is 9. The van der Waals surface area contributed by atoms with E-state index in [0.717, 1.165) is 70.6 Å². The van der Waals surface area contributed by atoms with Gasteiger partial charge in [0.25, 0.3) is 0 Å². The summed E-state index contributed by atoms with van der Waals surface area (Å²) in [7, 11) is -5.23. The number of aliphatic hydroxyl groups excluding tert-OH is 8.